The first kappa shape index (κ1) is 26.1. The van der Waals surface area contributed by atoms with Crippen molar-refractivity contribution in [3.8, 4) is 17.0 Å². The van der Waals surface area contributed by atoms with Crippen LogP contribution in [0.4, 0.5) is 15.9 Å². The van der Waals surface area contributed by atoms with Gasteiger partial charge in [0, 0.05) is 54.8 Å². The van der Waals surface area contributed by atoms with Gasteiger partial charge in [-0.3, -0.25) is 14.0 Å². The van der Waals surface area contributed by atoms with Crippen molar-refractivity contribution in [2.45, 2.75) is 26.7 Å². The van der Waals surface area contributed by atoms with E-state index in [0.717, 1.165) is 11.3 Å². The van der Waals surface area contributed by atoms with Gasteiger partial charge in [0.2, 0.25) is 5.91 Å². The number of aryl methyl sites for hydroxylation is 1. The zero-order valence-corrected chi connectivity index (χ0v) is 22.2. The van der Waals surface area contributed by atoms with Crippen LogP contribution in [0, 0.1) is 18.7 Å². The van der Waals surface area contributed by atoms with Gasteiger partial charge in [0.05, 0.1) is 19.0 Å². The van der Waals surface area contributed by atoms with Gasteiger partial charge in [0.25, 0.3) is 5.91 Å². The molecular weight excluding hydrogens is 499 g/mol. The molecule has 0 spiro atoms. The van der Waals surface area contributed by atoms with E-state index < -0.39 is 5.82 Å². The minimum atomic E-state index is -0.450. The number of halogens is 1. The lowest BCUT2D eigenvalue weighted by Crippen LogP contribution is -2.43. The molecule has 0 saturated carbocycles. The highest BCUT2D eigenvalue weighted by Gasteiger charge is 2.28. The Morgan fingerprint density at radius 2 is 1.92 bits per heavy atom. The molecule has 0 radical (unpaired) electrons. The maximum absolute atomic E-state index is 14.3. The summed E-state index contributed by atoms with van der Waals surface area (Å²) in [4.78, 5) is 36.1. The number of hydrogen-bond donors (Lipinski definition) is 2. The SMILES string of the molecule is CCNC(=O)C1CCN(C(=O)c2ccc(Nc3nccn4c(-c5ccc(OC)c(F)c5)cnc34)cc2C)CC1. The average Bonchev–Trinajstić information content (AvgIpc) is 3.38. The number of methoxy groups -OCH3 is 1. The fourth-order valence-corrected chi connectivity index (χ4v) is 5.00. The summed E-state index contributed by atoms with van der Waals surface area (Å²) < 4.78 is 21.2. The Labute approximate surface area is 226 Å². The molecule has 2 amide bonds. The second-order valence-electron chi connectivity index (χ2n) is 9.58. The number of nitrogens with zero attached hydrogens (tertiary/aromatic N) is 4. The number of imidazole rings is 1. The molecule has 0 unspecified atom stereocenters. The Morgan fingerprint density at radius 3 is 2.62 bits per heavy atom. The van der Waals surface area contributed by atoms with Gasteiger partial charge in [0.1, 0.15) is 0 Å². The summed E-state index contributed by atoms with van der Waals surface area (Å²) in [5.41, 5.74) is 4.18. The van der Waals surface area contributed by atoms with Gasteiger partial charge < -0.3 is 20.3 Å². The van der Waals surface area contributed by atoms with Crippen molar-refractivity contribution in [3.63, 3.8) is 0 Å². The van der Waals surface area contributed by atoms with Crippen LogP contribution in [0.1, 0.15) is 35.7 Å². The highest BCUT2D eigenvalue weighted by molar-refractivity contribution is 5.96. The molecule has 1 fully saturated rings. The van der Waals surface area contributed by atoms with Gasteiger partial charge in [-0.2, -0.15) is 0 Å². The van der Waals surface area contributed by atoms with E-state index in [1.54, 1.807) is 30.7 Å². The molecule has 2 aromatic heterocycles. The molecule has 1 aliphatic rings. The van der Waals surface area contributed by atoms with E-state index in [4.69, 9.17) is 4.74 Å². The first-order chi connectivity index (χ1) is 18.9. The number of amides is 2. The van der Waals surface area contributed by atoms with Crippen LogP contribution in [0.5, 0.6) is 5.75 Å². The minimum Gasteiger partial charge on any atom is -0.494 e. The molecule has 2 aromatic carbocycles. The van der Waals surface area contributed by atoms with Crippen molar-refractivity contribution in [3.05, 3.63) is 71.9 Å². The monoisotopic (exact) mass is 530 g/mol. The zero-order valence-electron chi connectivity index (χ0n) is 22.2. The highest BCUT2D eigenvalue weighted by Crippen LogP contribution is 2.29. The maximum atomic E-state index is 14.3. The van der Waals surface area contributed by atoms with Crippen LogP contribution in [0.2, 0.25) is 0 Å². The number of likely N-dealkylation sites (tertiary alicyclic amines) is 1. The summed E-state index contributed by atoms with van der Waals surface area (Å²) in [6, 6.07) is 10.3. The molecule has 5 rings (SSSR count). The molecule has 2 N–H and O–H groups in total. The van der Waals surface area contributed by atoms with Crippen LogP contribution in [-0.2, 0) is 4.79 Å². The van der Waals surface area contributed by atoms with Crippen molar-refractivity contribution >= 4 is 29.0 Å². The third kappa shape index (κ3) is 5.27. The van der Waals surface area contributed by atoms with E-state index in [9.17, 15) is 14.0 Å². The molecule has 4 aromatic rings. The lowest BCUT2D eigenvalue weighted by molar-refractivity contribution is -0.126. The Morgan fingerprint density at radius 1 is 1.13 bits per heavy atom. The summed E-state index contributed by atoms with van der Waals surface area (Å²) in [5.74, 6) is 0.262. The third-order valence-electron chi connectivity index (χ3n) is 7.10. The number of benzene rings is 2. The summed E-state index contributed by atoms with van der Waals surface area (Å²) in [6.45, 7) is 5.55. The number of ether oxygens (including phenoxy) is 1. The highest BCUT2D eigenvalue weighted by atomic mass is 19.1. The quantitative estimate of drug-likeness (QED) is 0.363. The molecule has 1 saturated heterocycles. The van der Waals surface area contributed by atoms with Crippen molar-refractivity contribution < 1.29 is 18.7 Å². The molecule has 0 aliphatic carbocycles. The largest absolute Gasteiger partial charge is 0.494 e. The van der Waals surface area contributed by atoms with Crippen LogP contribution in [-0.4, -0.2) is 57.8 Å². The lowest BCUT2D eigenvalue weighted by Gasteiger charge is -2.31. The van der Waals surface area contributed by atoms with E-state index >= 15 is 0 Å². The van der Waals surface area contributed by atoms with Crippen LogP contribution in [0.25, 0.3) is 16.9 Å². The molecular formula is C29H31FN6O3. The third-order valence-corrected chi connectivity index (χ3v) is 7.10. The van der Waals surface area contributed by atoms with Crippen LogP contribution in [0.15, 0.2) is 55.0 Å². The second-order valence-corrected chi connectivity index (χ2v) is 9.58. The first-order valence-corrected chi connectivity index (χ1v) is 13.0. The molecule has 39 heavy (non-hydrogen) atoms. The molecule has 1 aliphatic heterocycles. The normalized spacial score (nSPS) is 13.9. The number of hydrogen-bond acceptors (Lipinski definition) is 6. The predicted molar refractivity (Wildman–Crippen MR) is 147 cm³/mol. The topological polar surface area (TPSA) is 101 Å². The minimum absolute atomic E-state index is 0.0294. The Hall–Kier alpha value is -4.47. The van der Waals surface area contributed by atoms with Crippen molar-refractivity contribution in [2.24, 2.45) is 5.92 Å². The van der Waals surface area contributed by atoms with E-state index in [1.807, 2.05) is 41.3 Å². The Bertz CT molecular complexity index is 1530. The number of nitrogens with one attached hydrogen (secondary N) is 2. The van der Waals surface area contributed by atoms with Crippen LogP contribution in [0.3, 0.4) is 0 Å². The smallest absolute Gasteiger partial charge is 0.254 e. The molecule has 0 bridgehead atoms. The van der Waals surface area contributed by atoms with E-state index in [-0.39, 0.29) is 23.5 Å². The van der Waals surface area contributed by atoms with Gasteiger partial charge in [0.15, 0.2) is 23.0 Å². The van der Waals surface area contributed by atoms with Crippen molar-refractivity contribution in [2.75, 3.05) is 32.1 Å². The summed E-state index contributed by atoms with van der Waals surface area (Å²) in [5, 5.41) is 6.17. The Balaban J connectivity index is 1.32. The lowest BCUT2D eigenvalue weighted by atomic mass is 9.95. The van der Waals surface area contributed by atoms with Crippen LogP contribution < -0.4 is 15.4 Å². The standard InChI is InChI=1S/C29H31FN6O3/c1-4-31-28(37)19-9-12-35(13-10-19)29(38)22-7-6-21(15-18(22)2)34-26-27-33-17-24(36(27)14-11-32-26)20-5-8-25(39-3)23(30)16-20/h5-8,11,14-17,19H,4,9-10,12-13H2,1-3H3,(H,31,37)(H,32,34). The Kier molecular flexibility index (Phi) is 7.44. The first-order valence-electron chi connectivity index (χ1n) is 13.0. The predicted octanol–water partition coefficient (Wildman–Crippen LogP) is 4.58. The van der Waals surface area contributed by atoms with Gasteiger partial charge >= 0.3 is 0 Å². The van der Waals surface area contributed by atoms with Crippen LogP contribution >= 0.6 is 0 Å². The zero-order chi connectivity index (χ0) is 27.5. The summed E-state index contributed by atoms with van der Waals surface area (Å²) >= 11 is 0. The number of carbonyl (C=O) groups excluding carboxylic acids is 2. The molecule has 3 heterocycles. The van der Waals surface area contributed by atoms with E-state index in [2.05, 4.69) is 20.6 Å². The van der Waals surface area contributed by atoms with Gasteiger partial charge in [-0.1, -0.05) is 0 Å². The number of piperidine rings is 1. The van der Waals surface area contributed by atoms with Crippen molar-refractivity contribution in [1.82, 2.24) is 24.6 Å². The molecule has 10 heteroatoms. The average molecular weight is 531 g/mol. The number of aromatic nitrogens is 3. The van der Waals surface area contributed by atoms with Gasteiger partial charge in [-0.15, -0.1) is 0 Å². The number of rotatable bonds is 7. The molecule has 9 nitrogen and oxygen atoms in total. The van der Waals surface area contributed by atoms with E-state index in [0.29, 0.717) is 60.8 Å². The summed E-state index contributed by atoms with van der Waals surface area (Å²) in [7, 11) is 1.43. The molecule has 202 valence electrons. The summed E-state index contributed by atoms with van der Waals surface area (Å²) in [6.07, 6.45) is 6.43. The van der Waals surface area contributed by atoms with Gasteiger partial charge in [-0.25, -0.2) is 14.4 Å². The van der Waals surface area contributed by atoms with Crippen molar-refractivity contribution in [1.29, 1.82) is 0 Å². The number of fused-ring (bicyclic) bond motifs is 1. The fourth-order valence-electron chi connectivity index (χ4n) is 5.00. The fraction of sp³-hybridized carbons (Fsp3) is 0.310. The van der Waals surface area contributed by atoms with Gasteiger partial charge in [-0.05, 0) is 68.7 Å². The van der Waals surface area contributed by atoms with E-state index in [1.165, 1.54) is 13.2 Å². The maximum Gasteiger partial charge on any atom is 0.254 e. The molecule has 0 atom stereocenters. The second kappa shape index (κ2) is 11.1. The number of carbonyl (C=O) groups is 2. The number of anilines is 2.